The van der Waals surface area contributed by atoms with Crippen LogP contribution in [0.4, 0.5) is 0 Å². The molecule has 2 heterocycles. The number of nitrogens with one attached hydrogen (secondary N) is 2. The summed E-state index contributed by atoms with van der Waals surface area (Å²) in [7, 11) is -9.20. The first-order valence-corrected chi connectivity index (χ1v) is 12.4. The number of tetrazole rings is 1. The van der Waals surface area contributed by atoms with Crippen LogP contribution in [0.25, 0.3) is 33.9 Å². The van der Waals surface area contributed by atoms with Crippen LogP contribution in [0, 0.1) is 0 Å². The third kappa shape index (κ3) is 4.37. The number of primary sulfonamides is 2. The predicted octanol–water partition coefficient (Wildman–Crippen LogP) is -0.885. The molecule has 0 spiro atoms. The van der Waals surface area contributed by atoms with Crippen molar-refractivity contribution in [1.82, 2.24) is 35.8 Å². The van der Waals surface area contributed by atoms with Crippen molar-refractivity contribution in [1.29, 1.82) is 0 Å². The molecule has 8 N–H and O–H groups in total. The Labute approximate surface area is 187 Å². The summed E-state index contributed by atoms with van der Waals surface area (Å²) in [6.07, 6.45) is 1.35. The van der Waals surface area contributed by atoms with E-state index in [1.54, 1.807) is 24.3 Å². The molecule has 0 atom stereocenters. The van der Waals surface area contributed by atoms with Gasteiger partial charge in [-0.2, -0.15) is 10.3 Å². The van der Waals surface area contributed by atoms with E-state index in [1.165, 1.54) is 12.4 Å². The molecule has 0 radical (unpaired) electrons. The van der Waals surface area contributed by atoms with Gasteiger partial charge in [0.1, 0.15) is 16.1 Å². The minimum absolute atomic E-state index is 0.00953. The van der Waals surface area contributed by atoms with Gasteiger partial charge in [0.05, 0.1) is 5.56 Å². The molecule has 0 aliphatic rings. The maximum absolute atomic E-state index is 12.7. The molecule has 0 fully saturated rings. The highest BCUT2D eigenvalue weighted by molar-refractivity contribution is 7.92. The van der Waals surface area contributed by atoms with Crippen LogP contribution in [0.5, 0.6) is 0 Å². The maximum Gasteiger partial charge on any atom is 0.240 e. The molecule has 0 aliphatic carbocycles. The van der Waals surface area contributed by atoms with E-state index in [9.17, 15) is 16.8 Å². The largest absolute Gasteiger partial charge is 0.330 e. The van der Waals surface area contributed by atoms with Gasteiger partial charge >= 0.3 is 0 Å². The molecule has 172 valence electrons. The number of aromatic amines is 2. The van der Waals surface area contributed by atoms with Crippen molar-refractivity contribution in [3.05, 3.63) is 42.2 Å². The second-order valence-corrected chi connectivity index (χ2v) is 9.89. The van der Waals surface area contributed by atoms with Crippen molar-refractivity contribution in [2.45, 2.75) is 16.2 Å². The summed E-state index contributed by atoms with van der Waals surface area (Å²) in [5.41, 5.74) is 6.98. The molecule has 0 unspecified atom stereocenters. The lowest BCUT2D eigenvalue weighted by Crippen LogP contribution is -2.24. The van der Waals surface area contributed by atoms with Crippen molar-refractivity contribution in [2.75, 3.05) is 6.54 Å². The zero-order valence-electron chi connectivity index (χ0n) is 16.8. The normalized spacial score (nSPS) is 12.2. The van der Waals surface area contributed by atoms with Crippen LogP contribution in [0.1, 0.15) is 5.56 Å². The average molecular weight is 491 g/mol. The molecule has 4 aromatic rings. The Hall–Kier alpha value is -3.57. The zero-order valence-corrected chi connectivity index (χ0v) is 18.4. The maximum atomic E-state index is 12.7. The molecule has 0 saturated carbocycles. The Morgan fingerprint density at radius 3 is 2.27 bits per heavy atom. The molecule has 16 heteroatoms. The molecule has 14 nitrogen and oxygen atoms in total. The topological polar surface area (TPSA) is 242 Å². The highest BCUT2D eigenvalue weighted by Crippen LogP contribution is 2.41. The van der Waals surface area contributed by atoms with Crippen LogP contribution in [0.15, 0.2) is 46.5 Å². The lowest BCUT2D eigenvalue weighted by atomic mass is 9.94. The summed E-state index contributed by atoms with van der Waals surface area (Å²) in [6.45, 7) is 0.0195. The van der Waals surface area contributed by atoms with Gasteiger partial charge in [-0.25, -0.2) is 32.1 Å². The fourth-order valence-corrected chi connectivity index (χ4v) is 5.97. The minimum atomic E-state index is -4.65. The number of sulfonamides is 2. The minimum Gasteiger partial charge on any atom is -0.330 e. The molecule has 0 bridgehead atoms. The van der Waals surface area contributed by atoms with E-state index in [2.05, 4.69) is 35.8 Å². The Kier molecular flexibility index (Phi) is 5.76. The fraction of sp³-hybridized carbons (Fsp3) is 0.118. The Bertz CT molecular complexity index is 1520. The van der Waals surface area contributed by atoms with Gasteiger partial charge in [-0.1, -0.05) is 18.2 Å². The van der Waals surface area contributed by atoms with Gasteiger partial charge < -0.3 is 5.73 Å². The first-order valence-electron chi connectivity index (χ1n) is 9.26. The third-order valence-corrected chi connectivity index (χ3v) is 6.87. The standard InChI is InChI=1S/C17H18N10O4S2/c18-5-4-10-7-12(9-2-1-3-11(6-9)16-21-8-22-23-16)13(17-24-26-27-25-17)15(33(20,30)31)14(10)32(19,28)29/h1-3,6-8H,4-5,18H2,(H2,19,28,29)(H2,20,30,31)(H,21,22,23)(H,24,25,26,27). The van der Waals surface area contributed by atoms with Gasteiger partial charge in [0, 0.05) is 5.56 Å². The van der Waals surface area contributed by atoms with Crippen molar-refractivity contribution in [3.8, 4) is 33.9 Å². The Balaban J connectivity index is 2.17. The van der Waals surface area contributed by atoms with E-state index in [0.29, 0.717) is 17.0 Å². The monoisotopic (exact) mass is 490 g/mol. The number of aromatic nitrogens is 7. The van der Waals surface area contributed by atoms with Gasteiger partial charge in [-0.15, -0.1) is 10.2 Å². The van der Waals surface area contributed by atoms with E-state index >= 15 is 0 Å². The highest BCUT2D eigenvalue weighted by Gasteiger charge is 2.33. The van der Waals surface area contributed by atoms with Crippen LogP contribution >= 0.6 is 0 Å². The molecule has 2 aromatic heterocycles. The quantitative estimate of drug-likeness (QED) is 0.214. The SMILES string of the molecule is NCCc1cc(-c2cccc(-c3ncn[nH]3)c2)c(-c2nn[nH]n2)c(S(N)(=O)=O)c1S(N)(=O)=O. The number of hydrogen-bond donors (Lipinski definition) is 5. The van der Waals surface area contributed by atoms with E-state index in [4.69, 9.17) is 16.0 Å². The second-order valence-electron chi connectivity index (χ2n) is 6.90. The van der Waals surface area contributed by atoms with Gasteiger partial charge in [0.25, 0.3) is 0 Å². The molecule has 0 amide bonds. The molecular weight excluding hydrogens is 472 g/mol. The van der Waals surface area contributed by atoms with Crippen LogP contribution < -0.4 is 16.0 Å². The summed E-state index contributed by atoms with van der Waals surface area (Å²) in [4.78, 5) is 2.71. The molecule has 0 saturated heterocycles. The predicted molar refractivity (Wildman–Crippen MR) is 116 cm³/mol. The molecule has 2 aromatic carbocycles. The van der Waals surface area contributed by atoms with E-state index < -0.39 is 29.8 Å². The number of hydrogen-bond acceptors (Lipinski definition) is 10. The van der Waals surface area contributed by atoms with Crippen molar-refractivity contribution < 1.29 is 16.8 Å². The van der Waals surface area contributed by atoms with E-state index in [-0.39, 0.29) is 35.5 Å². The number of rotatable bonds is 7. The van der Waals surface area contributed by atoms with Gasteiger partial charge in [0.15, 0.2) is 5.82 Å². The first-order chi connectivity index (χ1) is 15.6. The van der Waals surface area contributed by atoms with Gasteiger partial charge in [-0.05, 0) is 47.0 Å². The third-order valence-electron chi connectivity index (χ3n) is 4.73. The number of nitrogens with two attached hydrogens (primary N) is 3. The molecule has 0 aliphatic heterocycles. The molecule has 4 rings (SSSR count). The van der Waals surface area contributed by atoms with Crippen molar-refractivity contribution >= 4 is 20.0 Å². The smallest absolute Gasteiger partial charge is 0.240 e. The van der Waals surface area contributed by atoms with E-state index in [0.717, 1.165) is 0 Å². The molecular formula is C17H18N10O4S2. The van der Waals surface area contributed by atoms with E-state index in [1.807, 2.05) is 0 Å². The lowest BCUT2D eigenvalue weighted by Gasteiger charge is -2.19. The van der Waals surface area contributed by atoms with Crippen LogP contribution in [0.3, 0.4) is 0 Å². The van der Waals surface area contributed by atoms with Crippen LogP contribution in [-0.4, -0.2) is 59.2 Å². The lowest BCUT2D eigenvalue weighted by molar-refractivity contribution is 0.583. The summed E-state index contributed by atoms with van der Waals surface area (Å²) in [5, 5.41) is 30.9. The number of H-pyrrole nitrogens is 2. The van der Waals surface area contributed by atoms with Gasteiger partial charge in [0.2, 0.25) is 25.9 Å². The Morgan fingerprint density at radius 1 is 0.970 bits per heavy atom. The summed E-state index contributed by atoms with van der Waals surface area (Å²) in [5.74, 6) is 0.274. The zero-order chi connectivity index (χ0) is 23.8. The fourth-order valence-electron chi connectivity index (χ4n) is 3.51. The number of nitrogens with zero attached hydrogens (tertiary/aromatic N) is 5. The summed E-state index contributed by atoms with van der Waals surface area (Å²) >= 11 is 0. The number of benzene rings is 2. The van der Waals surface area contributed by atoms with Crippen molar-refractivity contribution in [2.24, 2.45) is 16.0 Å². The first kappa shape index (κ1) is 22.6. The second kappa shape index (κ2) is 8.41. The van der Waals surface area contributed by atoms with Gasteiger partial charge in [-0.3, -0.25) is 5.10 Å². The summed E-state index contributed by atoms with van der Waals surface area (Å²) in [6, 6.07) is 8.34. The summed E-state index contributed by atoms with van der Waals surface area (Å²) < 4.78 is 50.5. The van der Waals surface area contributed by atoms with Crippen LogP contribution in [-0.2, 0) is 26.5 Å². The average Bonchev–Trinajstić information content (AvgIpc) is 3.46. The highest BCUT2D eigenvalue weighted by atomic mass is 32.2. The van der Waals surface area contributed by atoms with Crippen LogP contribution in [0.2, 0.25) is 0 Å². The Morgan fingerprint density at radius 2 is 1.70 bits per heavy atom. The van der Waals surface area contributed by atoms with Crippen molar-refractivity contribution in [3.63, 3.8) is 0 Å². The molecule has 33 heavy (non-hydrogen) atoms.